The molecule has 2 heterocycles. The van der Waals surface area contributed by atoms with E-state index >= 15 is 0 Å². The Kier molecular flexibility index (Phi) is 3.41. The number of carboxylic acid groups (broad SMARTS) is 1. The highest BCUT2D eigenvalue weighted by Crippen LogP contribution is 2.37. The molecule has 2 aromatic rings. The zero-order valence-corrected chi connectivity index (χ0v) is 12.0. The molecule has 1 N–H and O–H groups in total. The second-order valence-electron chi connectivity index (χ2n) is 5.61. The minimum atomic E-state index is -0.875. The molecule has 0 aliphatic carbocycles. The number of imidazole rings is 1. The molecule has 110 valence electrons. The number of benzene rings is 1. The maximum atomic E-state index is 11.8. The van der Waals surface area contributed by atoms with Crippen LogP contribution in [0.3, 0.4) is 0 Å². The number of carboxylic acids is 1. The average molecular weight is 286 g/mol. The van der Waals surface area contributed by atoms with Crippen molar-refractivity contribution in [3.63, 3.8) is 0 Å². The maximum absolute atomic E-state index is 11.8. The van der Waals surface area contributed by atoms with E-state index in [2.05, 4.69) is 4.98 Å². The molecule has 0 saturated carbocycles. The number of ether oxygens (including phenoxy) is 1. The monoisotopic (exact) mass is 286 g/mol. The molecule has 5 nitrogen and oxygen atoms in total. The molecule has 1 aliphatic heterocycles. The minimum Gasteiger partial charge on any atom is -0.492 e. The predicted octanol–water partition coefficient (Wildman–Crippen LogP) is 2.06. The Morgan fingerprint density at radius 3 is 3.00 bits per heavy atom. The highest BCUT2D eigenvalue weighted by Gasteiger charge is 2.42. The van der Waals surface area contributed by atoms with Crippen molar-refractivity contribution in [1.29, 1.82) is 0 Å². The lowest BCUT2D eigenvalue weighted by Gasteiger charge is -2.34. The zero-order chi connectivity index (χ0) is 14.9. The first-order valence-electron chi connectivity index (χ1n) is 7.01. The molecule has 0 fully saturated rings. The van der Waals surface area contributed by atoms with Gasteiger partial charge < -0.3 is 14.4 Å². The van der Waals surface area contributed by atoms with Crippen LogP contribution >= 0.6 is 0 Å². The van der Waals surface area contributed by atoms with Crippen LogP contribution in [0.4, 0.5) is 0 Å². The lowest BCUT2D eigenvalue weighted by atomic mass is 9.76. The number of hydrogen-bond acceptors (Lipinski definition) is 3. The second kappa shape index (κ2) is 5.24. The number of hydrogen-bond donors (Lipinski definition) is 1. The van der Waals surface area contributed by atoms with E-state index in [1.165, 1.54) is 0 Å². The van der Waals surface area contributed by atoms with Crippen molar-refractivity contribution in [1.82, 2.24) is 9.55 Å². The number of aryl methyl sites for hydroxylation is 2. The average Bonchev–Trinajstić information content (AvgIpc) is 2.90. The second-order valence-corrected chi connectivity index (χ2v) is 5.61. The first-order chi connectivity index (χ1) is 10.1. The van der Waals surface area contributed by atoms with Gasteiger partial charge in [-0.25, -0.2) is 4.98 Å². The quantitative estimate of drug-likeness (QED) is 0.934. The fourth-order valence-corrected chi connectivity index (χ4v) is 2.82. The summed E-state index contributed by atoms with van der Waals surface area (Å²) in [6.45, 7) is 0.212. The topological polar surface area (TPSA) is 64.4 Å². The number of rotatable bonds is 4. The molecule has 0 amide bonds. The maximum Gasteiger partial charge on any atom is 0.313 e. The van der Waals surface area contributed by atoms with Gasteiger partial charge in [-0.2, -0.15) is 0 Å². The van der Waals surface area contributed by atoms with E-state index in [1.807, 2.05) is 42.1 Å². The summed E-state index contributed by atoms with van der Waals surface area (Å²) in [7, 11) is 1.92. The molecular weight excluding hydrogens is 268 g/mol. The molecule has 1 aromatic carbocycles. The van der Waals surface area contributed by atoms with Gasteiger partial charge >= 0.3 is 5.97 Å². The van der Waals surface area contributed by atoms with Crippen LogP contribution in [-0.2, 0) is 24.7 Å². The van der Waals surface area contributed by atoms with Crippen molar-refractivity contribution < 1.29 is 14.6 Å². The Labute approximate surface area is 123 Å². The molecule has 1 unspecified atom stereocenters. The van der Waals surface area contributed by atoms with Gasteiger partial charge in [-0.15, -0.1) is 0 Å². The first-order valence-corrected chi connectivity index (χ1v) is 7.01. The van der Waals surface area contributed by atoms with E-state index in [0.717, 1.165) is 17.1 Å². The summed E-state index contributed by atoms with van der Waals surface area (Å²) in [5.41, 5.74) is 0.0892. The molecule has 1 aromatic heterocycles. The van der Waals surface area contributed by atoms with Crippen LogP contribution in [-0.4, -0.2) is 27.2 Å². The van der Waals surface area contributed by atoms with Crippen molar-refractivity contribution >= 4 is 5.97 Å². The zero-order valence-electron chi connectivity index (χ0n) is 12.0. The Bertz CT molecular complexity index is 665. The summed E-state index contributed by atoms with van der Waals surface area (Å²) in [5.74, 6) is 0.895. The third-order valence-electron chi connectivity index (χ3n) is 4.21. The van der Waals surface area contributed by atoms with Gasteiger partial charge in [0.05, 0.1) is 0 Å². The lowest BCUT2D eigenvalue weighted by Crippen LogP contribution is -2.42. The fourth-order valence-electron chi connectivity index (χ4n) is 2.82. The summed E-state index contributed by atoms with van der Waals surface area (Å²) < 4.78 is 7.62. The molecule has 3 rings (SSSR count). The van der Waals surface area contributed by atoms with Gasteiger partial charge in [0, 0.05) is 25.9 Å². The van der Waals surface area contributed by atoms with Crippen molar-refractivity contribution in [2.45, 2.75) is 19.3 Å². The number of para-hydroxylation sites is 1. The summed E-state index contributed by atoms with van der Waals surface area (Å²) >= 11 is 0. The van der Waals surface area contributed by atoms with Gasteiger partial charge in [0.15, 0.2) is 0 Å². The van der Waals surface area contributed by atoms with Crippen LogP contribution < -0.4 is 4.74 Å². The minimum absolute atomic E-state index is 0.212. The smallest absolute Gasteiger partial charge is 0.313 e. The van der Waals surface area contributed by atoms with Crippen molar-refractivity contribution in [3.8, 4) is 5.75 Å². The molecule has 1 atom stereocenters. The molecule has 1 aliphatic rings. The summed E-state index contributed by atoms with van der Waals surface area (Å²) in [6, 6.07) is 7.65. The van der Waals surface area contributed by atoms with Crippen LogP contribution in [0.5, 0.6) is 5.75 Å². The molecule has 5 heteroatoms. The standard InChI is InChI=1S/C16H18N2O3/c1-18-9-8-17-14(18)6-7-16(15(19)20)10-12-4-2-3-5-13(12)21-11-16/h2-5,8-9H,6-7,10-11H2,1H3,(H,19,20). The molecule has 0 bridgehead atoms. The van der Waals surface area contributed by atoms with Crippen LogP contribution in [0.2, 0.25) is 0 Å². The number of fused-ring (bicyclic) bond motifs is 1. The lowest BCUT2D eigenvalue weighted by molar-refractivity contribution is -0.152. The van der Waals surface area contributed by atoms with Crippen molar-refractivity contribution in [3.05, 3.63) is 48.0 Å². The Balaban J connectivity index is 1.82. The Morgan fingerprint density at radius 1 is 1.48 bits per heavy atom. The number of nitrogens with zero attached hydrogens (tertiary/aromatic N) is 2. The predicted molar refractivity (Wildman–Crippen MR) is 77.2 cm³/mol. The van der Waals surface area contributed by atoms with Crippen molar-refractivity contribution in [2.24, 2.45) is 12.5 Å². The van der Waals surface area contributed by atoms with Gasteiger partial charge in [-0.05, 0) is 24.5 Å². The largest absolute Gasteiger partial charge is 0.492 e. The molecule has 0 radical (unpaired) electrons. The number of carbonyl (C=O) groups is 1. The number of aliphatic carboxylic acids is 1. The highest BCUT2D eigenvalue weighted by molar-refractivity contribution is 5.76. The van der Waals surface area contributed by atoms with Gasteiger partial charge in [-0.1, -0.05) is 18.2 Å². The summed E-state index contributed by atoms with van der Waals surface area (Å²) in [4.78, 5) is 16.1. The Morgan fingerprint density at radius 2 is 2.29 bits per heavy atom. The van der Waals surface area contributed by atoms with Crippen molar-refractivity contribution in [2.75, 3.05) is 6.61 Å². The van der Waals surface area contributed by atoms with Gasteiger partial charge in [0.2, 0.25) is 0 Å². The highest BCUT2D eigenvalue weighted by atomic mass is 16.5. The van der Waals surface area contributed by atoms with Gasteiger partial charge in [0.1, 0.15) is 23.6 Å². The molecule has 0 spiro atoms. The van der Waals surface area contributed by atoms with E-state index < -0.39 is 11.4 Å². The molecular formula is C16H18N2O3. The SMILES string of the molecule is Cn1ccnc1CCC1(C(=O)O)COc2ccccc2C1. The van der Waals surface area contributed by atoms with Gasteiger partial charge in [-0.3, -0.25) is 4.79 Å². The molecule has 0 saturated heterocycles. The number of aromatic nitrogens is 2. The van der Waals surface area contributed by atoms with Crippen LogP contribution in [0.25, 0.3) is 0 Å². The van der Waals surface area contributed by atoms with Gasteiger partial charge in [0.25, 0.3) is 0 Å². The van der Waals surface area contributed by atoms with Crippen LogP contribution in [0.15, 0.2) is 36.7 Å². The Hall–Kier alpha value is -2.30. The van der Waals surface area contributed by atoms with E-state index in [0.29, 0.717) is 19.3 Å². The van der Waals surface area contributed by atoms with Crippen LogP contribution in [0.1, 0.15) is 17.8 Å². The first kappa shape index (κ1) is 13.7. The third kappa shape index (κ3) is 2.51. The van der Waals surface area contributed by atoms with E-state index in [1.54, 1.807) is 6.20 Å². The van der Waals surface area contributed by atoms with Crippen LogP contribution in [0, 0.1) is 5.41 Å². The van der Waals surface area contributed by atoms with E-state index in [-0.39, 0.29) is 6.61 Å². The molecule has 21 heavy (non-hydrogen) atoms. The summed E-state index contributed by atoms with van der Waals surface area (Å²) in [6.07, 6.45) is 5.25. The fraction of sp³-hybridized carbons (Fsp3) is 0.375. The van der Waals surface area contributed by atoms with E-state index in [9.17, 15) is 9.90 Å². The normalized spacial score (nSPS) is 20.6. The van der Waals surface area contributed by atoms with E-state index in [4.69, 9.17) is 4.74 Å². The summed E-state index contributed by atoms with van der Waals surface area (Å²) in [5, 5.41) is 9.71. The third-order valence-corrected chi connectivity index (χ3v) is 4.21.